The summed E-state index contributed by atoms with van der Waals surface area (Å²) in [5.41, 5.74) is 10.8. The molecule has 0 bridgehead atoms. The van der Waals surface area contributed by atoms with E-state index < -0.39 is 11.8 Å². The molecule has 2 rings (SSSR count). The molecule has 0 atom stereocenters. The summed E-state index contributed by atoms with van der Waals surface area (Å²) >= 11 is 6.02. The van der Waals surface area contributed by atoms with Crippen LogP contribution in [0.2, 0.25) is 5.02 Å². The highest BCUT2D eigenvalue weighted by molar-refractivity contribution is 6.31. The Bertz CT molecular complexity index is 619. The maximum absolute atomic E-state index is 11.2. The zero-order valence-electron chi connectivity index (χ0n) is 9.81. The van der Waals surface area contributed by atoms with Crippen LogP contribution in [0.25, 0.3) is 0 Å². The zero-order valence-corrected chi connectivity index (χ0v) is 10.6. The summed E-state index contributed by atoms with van der Waals surface area (Å²) in [6.07, 6.45) is 0.341. The molecule has 0 fully saturated rings. The standard InChI is InChI=1S/C12H11ClN4O2/c13-7-4-2-1-3-6(7)5-8-16-9(11(14)18)10(17-8)12(15)19/h1-4H,5H2,(H2,14,18)(H2,15,19)(H,16,17). The lowest BCUT2D eigenvalue weighted by atomic mass is 10.1. The van der Waals surface area contributed by atoms with Crippen LogP contribution in [0.4, 0.5) is 0 Å². The van der Waals surface area contributed by atoms with E-state index in [9.17, 15) is 9.59 Å². The smallest absolute Gasteiger partial charge is 0.269 e. The average molecular weight is 279 g/mol. The molecular weight excluding hydrogens is 268 g/mol. The van der Waals surface area contributed by atoms with Crippen LogP contribution in [-0.4, -0.2) is 21.8 Å². The Balaban J connectivity index is 2.37. The van der Waals surface area contributed by atoms with E-state index in [1.165, 1.54) is 0 Å². The molecule has 0 saturated heterocycles. The number of primary amides is 2. The lowest BCUT2D eigenvalue weighted by Crippen LogP contribution is -2.20. The molecule has 2 amide bonds. The summed E-state index contributed by atoms with van der Waals surface area (Å²) in [6.45, 7) is 0. The van der Waals surface area contributed by atoms with Gasteiger partial charge in [-0.2, -0.15) is 0 Å². The summed E-state index contributed by atoms with van der Waals surface area (Å²) in [4.78, 5) is 29.0. The maximum atomic E-state index is 11.2. The van der Waals surface area contributed by atoms with Gasteiger partial charge in [0.2, 0.25) is 0 Å². The Hall–Kier alpha value is -2.34. The first-order valence-electron chi connectivity index (χ1n) is 5.41. The van der Waals surface area contributed by atoms with Gasteiger partial charge >= 0.3 is 0 Å². The first kappa shape index (κ1) is 13.1. The van der Waals surface area contributed by atoms with E-state index in [4.69, 9.17) is 23.1 Å². The van der Waals surface area contributed by atoms with Gasteiger partial charge < -0.3 is 16.5 Å². The average Bonchev–Trinajstić information content (AvgIpc) is 2.76. The normalized spacial score (nSPS) is 10.4. The van der Waals surface area contributed by atoms with Gasteiger partial charge in [0.05, 0.1) is 0 Å². The van der Waals surface area contributed by atoms with Gasteiger partial charge in [0.25, 0.3) is 11.8 Å². The number of imidazole rings is 1. The zero-order chi connectivity index (χ0) is 14.0. The monoisotopic (exact) mass is 278 g/mol. The molecule has 0 aliphatic carbocycles. The Morgan fingerprint density at radius 1 is 1.21 bits per heavy atom. The number of nitrogens with zero attached hydrogens (tertiary/aromatic N) is 1. The van der Waals surface area contributed by atoms with Crippen LogP contribution in [0.3, 0.4) is 0 Å². The van der Waals surface area contributed by atoms with E-state index in [0.29, 0.717) is 17.3 Å². The first-order chi connectivity index (χ1) is 8.99. The molecule has 5 N–H and O–H groups in total. The summed E-state index contributed by atoms with van der Waals surface area (Å²) in [5.74, 6) is -1.20. The fourth-order valence-electron chi connectivity index (χ4n) is 1.68. The topological polar surface area (TPSA) is 115 Å². The van der Waals surface area contributed by atoms with Crippen LogP contribution in [0, 0.1) is 0 Å². The van der Waals surface area contributed by atoms with Gasteiger partial charge in [-0.25, -0.2) is 4.98 Å². The van der Waals surface area contributed by atoms with Gasteiger partial charge in [-0.15, -0.1) is 0 Å². The Morgan fingerprint density at radius 2 is 1.89 bits per heavy atom. The second-order valence-corrected chi connectivity index (χ2v) is 4.31. The van der Waals surface area contributed by atoms with E-state index in [0.717, 1.165) is 5.56 Å². The maximum Gasteiger partial charge on any atom is 0.269 e. The third kappa shape index (κ3) is 2.74. The number of amides is 2. The van der Waals surface area contributed by atoms with Crippen molar-refractivity contribution >= 4 is 23.4 Å². The van der Waals surface area contributed by atoms with Crippen LogP contribution in [0.15, 0.2) is 24.3 Å². The van der Waals surface area contributed by atoms with E-state index in [1.807, 2.05) is 12.1 Å². The summed E-state index contributed by atoms with van der Waals surface area (Å²) in [7, 11) is 0. The molecule has 0 radical (unpaired) electrons. The number of carbonyl (C=O) groups is 2. The number of halogens is 1. The molecule has 0 spiro atoms. The van der Waals surface area contributed by atoms with Gasteiger partial charge in [-0.1, -0.05) is 29.8 Å². The SMILES string of the molecule is NC(=O)c1nc(Cc2ccccc2Cl)[nH]c1C(N)=O. The van der Waals surface area contributed by atoms with E-state index in [2.05, 4.69) is 9.97 Å². The molecule has 7 heteroatoms. The molecule has 0 aliphatic heterocycles. The molecule has 98 valence electrons. The molecule has 0 unspecified atom stereocenters. The van der Waals surface area contributed by atoms with Crippen molar-refractivity contribution in [3.05, 3.63) is 52.1 Å². The van der Waals surface area contributed by atoms with Crippen molar-refractivity contribution < 1.29 is 9.59 Å². The fraction of sp³-hybridized carbons (Fsp3) is 0.0833. The van der Waals surface area contributed by atoms with Gasteiger partial charge in [-0.05, 0) is 11.6 Å². The summed E-state index contributed by atoms with van der Waals surface area (Å²) in [6, 6.07) is 7.19. The second-order valence-electron chi connectivity index (χ2n) is 3.90. The highest BCUT2D eigenvalue weighted by Gasteiger charge is 2.19. The highest BCUT2D eigenvalue weighted by atomic mass is 35.5. The third-order valence-corrected chi connectivity index (χ3v) is 2.92. The van der Waals surface area contributed by atoms with Crippen molar-refractivity contribution in [2.45, 2.75) is 6.42 Å². The lowest BCUT2D eigenvalue weighted by Gasteiger charge is -2.00. The van der Waals surface area contributed by atoms with E-state index in [-0.39, 0.29) is 11.4 Å². The second kappa shape index (κ2) is 5.11. The van der Waals surface area contributed by atoms with Crippen LogP contribution in [-0.2, 0) is 6.42 Å². The molecular formula is C12H11ClN4O2. The van der Waals surface area contributed by atoms with Crippen molar-refractivity contribution in [2.75, 3.05) is 0 Å². The summed E-state index contributed by atoms with van der Waals surface area (Å²) < 4.78 is 0. The first-order valence-corrected chi connectivity index (χ1v) is 5.78. The predicted octanol–water partition coefficient (Wildman–Crippen LogP) is 0.852. The minimum absolute atomic E-state index is 0.0884. The largest absolute Gasteiger partial charge is 0.364 e. The molecule has 0 aliphatic rings. The van der Waals surface area contributed by atoms with Crippen LogP contribution in [0.1, 0.15) is 32.4 Å². The minimum Gasteiger partial charge on any atom is -0.364 e. The molecule has 0 saturated carbocycles. The molecule has 1 aromatic carbocycles. The molecule has 19 heavy (non-hydrogen) atoms. The Morgan fingerprint density at radius 3 is 2.42 bits per heavy atom. The number of aromatic nitrogens is 2. The van der Waals surface area contributed by atoms with Crippen LogP contribution >= 0.6 is 11.6 Å². The van der Waals surface area contributed by atoms with E-state index >= 15 is 0 Å². The predicted molar refractivity (Wildman–Crippen MR) is 69.9 cm³/mol. The Kier molecular flexibility index (Phi) is 3.52. The number of aromatic amines is 1. The van der Waals surface area contributed by atoms with Crippen LogP contribution < -0.4 is 11.5 Å². The molecule has 1 aromatic heterocycles. The van der Waals surface area contributed by atoms with Crippen molar-refractivity contribution in [3.8, 4) is 0 Å². The van der Waals surface area contributed by atoms with Crippen molar-refractivity contribution in [1.82, 2.24) is 9.97 Å². The number of benzene rings is 1. The quantitative estimate of drug-likeness (QED) is 0.770. The third-order valence-electron chi connectivity index (χ3n) is 2.55. The van der Waals surface area contributed by atoms with E-state index in [1.54, 1.807) is 12.1 Å². The lowest BCUT2D eigenvalue weighted by molar-refractivity contribution is 0.0962. The van der Waals surface area contributed by atoms with Gasteiger partial charge in [0.1, 0.15) is 11.5 Å². The van der Waals surface area contributed by atoms with Gasteiger partial charge in [0.15, 0.2) is 5.69 Å². The number of carbonyl (C=O) groups excluding carboxylic acids is 2. The van der Waals surface area contributed by atoms with Gasteiger partial charge in [-0.3, -0.25) is 9.59 Å². The molecule has 6 nitrogen and oxygen atoms in total. The number of rotatable bonds is 4. The fourth-order valence-corrected chi connectivity index (χ4v) is 1.89. The Labute approximate surface area is 113 Å². The minimum atomic E-state index is -0.810. The number of hydrogen-bond donors (Lipinski definition) is 3. The number of hydrogen-bond acceptors (Lipinski definition) is 3. The molecule has 2 aromatic rings. The van der Waals surface area contributed by atoms with Gasteiger partial charge in [0, 0.05) is 11.4 Å². The van der Waals surface area contributed by atoms with Crippen molar-refractivity contribution in [1.29, 1.82) is 0 Å². The number of H-pyrrole nitrogens is 1. The van der Waals surface area contributed by atoms with Crippen molar-refractivity contribution in [3.63, 3.8) is 0 Å². The van der Waals surface area contributed by atoms with Crippen LogP contribution in [0.5, 0.6) is 0 Å². The summed E-state index contributed by atoms with van der Waals surface area (Å²) in [5, 5.41) is 0.570. The highest BCUT2D eigenvalue weighted by Crippen LogP contribution is 2.18. The molecule has 1 heterocycles. The number of nitrogens with one attached hydrogen (secondary N) is 1. The number of nitrogens with two attached hydrogens (primary N) is 2. The van der Waals surface area contributed by atoms with Crippen molar-refractivity contribution in [2.24, 2.45) is 11.5 Å².